The molecule has 2 saturated heterocycles. The summed E-state index contributed by atoms with van der Waals surface area (Å²) in [7, 11) is 1.73. The lowest BCUT2D eigenvalue weighted by molar-refractivity contribution is -0.122. The maximum atomic E-state index is 10.4. The Morgan fingerprint density at radius 2 is 1.79 bits per heavy atom. The SMILES string of the molecule is CC.CC(C)Oc1cccc(SN(CCCNC=O)OC2CCCC2)c1.CO[C@H]1CO[C@H]2OCC[C@H]21.Cc1ccccc1. The maximum absolute atomic E-state index is 10.4. The minimum Gasteiger partial charge on any atom is -0.491 e. The third-order valence-electron chi connectivity index (χ3n) is 6.93. The molecule has 2 heterocycles. The summed E-state index contributed by atoms with van der Waals surface area (Å²) in [5.74, 6) is 1.36. The van der Waals surface area contributed by atoms with Crippen molar-refractivity contribution in [3.05, 3.63) is 60.2 Å². The van der Waals surface area contributed by atoms with E-state index in [0.29, 0.717) is 25.2 Å². The van der Waals surface area contributed by atoms with Gasteiger partial charge >= 0.3 is 0 Å². The maximum Gasteiger partial charge on any atom is 0.207 e. The van der Waals surface area contributed by atoms with Crippen LogP contribution in [0.3, 0.4) is 0 Å². The van der Waals surface area contributed by atoms with E-state index in [1.807, 2.05) is 68.6 Å². The molecule has 2 aromatic carbocycles. The second-order valence-electron chi connectivity index (χ2n) is 10.7. The molecule has 2 aliphatic heterocycles. The summed E-state index contributed by atoms with van der Waals surface area (Å²) in [6, 6.07) is 18.3. The molecule has 0 aromatic heterocycles. The van der Waals surface area contributed by atoms with Crippen LogP contribution >= 0.6 is 11.9 Å². The Morgan fingerprint density at radius 1 is 1.05 bits per heavy atom. The van der Waals surface area contributed by atoms with Crippen molar-refractivity contribution in [2.75, 3.05) is 33.4 Å². The number of hydrogen-bond donors (Lipinski definition) is 1. The number of carbonyl (C=O) groups excluding carboxylic acids is 1. The number of benzene rings is 2. The van der Waals surface area contributed by atoms with Gasteiger partial charge in [-0.1, -0.05) is 68.7 Å². The molecule has 9 heteroatoms. The third kappa shape index (κ3) is 14.9. The van der Waals surface area contributed by atoms with Crippen LogP contribution in [-0.4, -0.2) is 68.9 Å². The van der Waals surface area contributed by atoms with E-state index in [1.54, 1.807) is 19.1 Å². The molecule has 0 spiro atoms. The molecule has 3 aliphatic rings. The number of nitrogens with zero attached hydrogens (tertiary/aromatic N) is 1. The van der Waals surface area contributed by atoms with Crippen LogP contribution in [0.5, 0.6) is 5.75 Å². The standard InChI is InChI=1S/C18H28N2O3S.C7H12O3.C7H8.C2H6/c1-15(2)22-17-9-5-10-18(13-17)24-20(12-6-11-19-14-21)23-16-7-3-4-8-16;1-8-6-4-10-7-5(6)2-3-9-7;1-7-5-3-2-4-6-7;1-2/h5,9-10,13-16H,3-4,6-8,11-12H2,1-2H3,(H,19,21);5-7H,2-4H2,1H3;2-6H,1H3;1-2H3/t;5-,6-,7+;;/m.0../s1. The van der Waals surface area contributed by atoms with Gasteiger partial charge in [0.2, 0.25) is 6.41 Å². The molecule has 43 heavy (non-hydrogen) atoms. The average Bonchev–Trinajstić information content (AvgIpc) is 3.77. The first kappa shape index (κ1) is 37.0. The van der Waals surface area contributed by atoms with E-state index in [0.717, 1.165) is 55.9 Å². The molecule has 3 atom stereocenters. The zero-order chi connectivity index (χ0) is 31.3. The number of rotatable bonds is 12. The van der Waals surface area contributed by atoms with E-state index >= 15 is 0 Å². The van der Waals surface area contributed by atoms with Gasteiger partial charge in [0.05, 0.1) is 31.5 Å². The number of hydrogen-bond acceptors (Lipinski definition) is 8. The fourth-order valence-electron chi connectivity index (χ4n) is 4.85. The predicted molar refractivity (Wildman–Crippen MR) is 174 cm³/mol. The van der Waals surface area contributed by atoms with Crippen LogP contribution in [-0.2, 0) is 23.8 Å². The fourth-order valence-corrected chi connectivity index (χ4v) is 5.77. The van der Waals surface area contributed by atoms with Crippen molar-refractivity contribution in [3.63, 3.8) is 0 Å². The molecule has 1 N–H and O–H groups in total. The second kappa shape index (κ2) is 22.4. The number of ether oxygens (including phenoxy) is 4. The molecule has 0 radical (unpaired) electrons. The van der Waals surface area contributed by atoms with Crippen molar-refractivity contribution in [1.29, 1.82) is 0 Å². The summed E-state index contributed by atoms with van der Waals surface area (Å²) in [6.07, 6.45) is 8.18. The van der Waals surface area contributed by atoms with Gasteiger partial charge in [0.15, 0.2) is 6.29 Å². The highest BCUT2D eigenvalue weighted by molar-refractivity contribution is 7.96. The van der Waals surface area contributed by atoms with E-state index in [-0.39, 0.29) is 18.5 Å². The summed E-state index contributed by atoms with van der Waals surface area (Å²) < 4.78 is 23.6. The van der Waals surface area contributed by atoms with Crippen LogP contribution in [0.25, 0.3) is 0 Å². The lowest BCUT2D eigenvalue weighted by atomic mass is 10.0. The Morgan fingerprint density at radius 3 is 2.42 bits per heavy atom. The Bertz CT molecular complexity index is 976. The van der Waals surface area contributed by atoms with Crippen molar-refractivity contribution >= 4 is 18.4 Å². The van der Waals surface area contributed by atoms with Crippen LogP contribution in [0.15, 0.2) is 59.5 Å². The summed E-state index contributed by atoms with van der Waals surface area (Å²) >= 11 is 1.59. The van der Waals surface area contributed by atoms with E-state index in [2.05, 4.69) is 30.4 Å². The molecule has 0 unspecified atom stereocenters. The van der Waals surface area contributed by atoms with Gasteiger partial charge in [0.1, 0.15) is 5.75 Å². The Kier molecular flexibility index (Phi) is 19.3. The Labute approximate surface area is 264 Å². The van der Waals surface area contributed by atoms with Gasteiger partial charge in [-0.25, -0.2) is 0 Å². The summed E-state index contributed by atoms with van der Waals surface area (Å²) in [4.78, 5) is 17.6. The molecule has 0 bridgehead atoms. The van der Waals surface area contributed by atoms with Crippen molar-refractivity contribution in [2.24, 2.45) is 5.92 Å². The van der Waals surface area contributed by atoms with Crippen LogP contribution in [0.1, 0.15) is 71.8 Å². The van der Waals surface area contributed by atoms with E-state index in [9.17, 15) is 4.79 Å². The van der Waals surface area contributed by atoms with Crippen molar-refractivity contribution in [1.82, 2.24) is 9.79 Å². The number of fused-ring (bicyclic) bond motifs is 1. The zero-order valence-electron chi connectivity index (χ0n) is 27.0. The van der Waals surface area contributed by atoms with E-state index < -0.39 is 0 Å². The monoisotopic (exact) mass is 618 g/mol. The van der Waals surface area contributed by atoms with E-state index in [4.69, 9.17) is 23.8 Å². The molecule has 1 amide bonds. The van der Waals surface area contributed by atoms with Gasteiger partial charge in [-0.15, -0.1) is 4.47 Å². The van der Waals surface area contributed by atoms with Gasteiger partial charge in [-0.3, -0.25) is 9.63 Å². The number of hydroxylamine groups is 1. The van der Waals surface area contributed by atoms with E-state index in [1.165, 1.54) is 18.4 Å². The highest BCUT2D eigenvalue weighted by atomic mass is 32.2. The molecular formula is C34H54N2O6S. The highest BCUT2D eigenvalue weighted by Crippen LogP contribution is 2.32. The molecule has 1 saturated carbocycles. The number of methoxy groups -OCH3 is 1. The van der Waals surface area contributed by atoms with Crippen molar-refractivity contribution in [3.8, 4) is 5.75 Å². The fraction of sp³-hybridized carbons (Fsp3) is 0.618. The van der Waals surface area contributed by atoms with Crippen molar-refractivity contribution in [2.45, 2.75) is 103 Å². The predicted octanol–water partition coefficient (Wildman–Crippen LogP) is 7.21. The largest absolute Gasteiger partial charge is 0.491 e. The summed E-state index contributed by atoms with van der Waals surface area (Å²) in [6.45, 7) is 13.1. The molecule has 3 fully saturated rings. The molecule has 242 valence electrons. The number of nitrogens with one attached hydrogen (secondary N) is 1. The second-order valence-corrected chi connectivity index (χ2v) is 11.7. The molecule has 5 rings (SSSR count). The van der Waals surface area contributed by atoms with Crippen molar-refractivity contribution < 1.29 is 28.6 Å². The molecule has 2 aromatic rings. The third-order valence-corrected chi connectivity index (χ3v) is 7.86. The molecule has 1 aliphatic carbocycles. The van der Waals surface area contributed by atoms with Crippen LogP contribution in [0.4, 0.5) is 0 Å². The minimum absolute atomic E-state index is 0.0324. The Balaban J connectivity index is 0.000000274. The normalized spacial score (nSPS) is 20.7. The quantitative estimate of drug-likeness (QED) is 0.116. The van der Waals surface area contributed by atoms with Gasteiger partial charge in [-0.05, 0) is 76.6 Å². The number of amides is 1. The van der Waals surface area contributed by atoms with Crippen LogP contribution in [0, 0.1) is 12.8 Å². The van der Waals surface area contributed by atoms with Gasteiger partial charge in [-0.2, -0.15) is 0 Å². The van der Waals surface area contributed by atoms with Crippen LogP contribution in [0.2, 0.25) is 0 Å². The first-order valence-corrected chi connectivity index (χ1v) is 16.6. The first-order valence-electron chi connectivity index (χ1n) is 15.8. The Hall–Kier alpha value is -2.14. The van der Waals surface area contributed by atoms with Gasteiger partial charge in [0, 0.05) is 31.0 Å². The zero-order valence-corrected chi connectivity index (χ0v) is 27.9. The average molecular weight is 619 g/mol. The smallest absolute Gasteiger partial charge is 0.207 e. The number of aryl methyl sites for hydroxylation is 1. The lowest BCUT2D eigenvalue weighted by Gasteiger charge is -2.24. The van der Waals surface area contributed by atoms with Crippen LogP contribution < -0.4 is 10.1 Å². The first-order chi connectivity index (χ1) is 21.0. The highest BCUT2D eigenvalue weighted by Gasteiger charge is 2.41. The lowest BCUT2D eigenvalue weighted by Crippen LogP contribution is -2.26. The summed E-state index contributed by atoms with van der Waals surface area (Å²) in [5.41, 5.74) is 1.32. The minimum atomic E-state index is 0.0324. The van der Waals surface area contributed by atoms with Gasteiger partial charge in [0.25, 0.3) is 0 Å². The summed E-state index contributed by atoms with van der Waals surface area (Å²) in [5, 5.41) is 2.70. The topological polar surface area (TPSA) is 78.5 Å². The molecular weight excluding hydrogens is 564 g/mol. The molecule has 8 nitrogen and oxygen atoms in total. The number of carbonyl (C=O) groups is 1. The van der Waals surface area contributed by atoms with Gasteiger partial charge < -0.3 is 24.3 Å².